The van der Waals surface area contributed by atoms with Crippen LogP contribution >= 0.6 is 15.6 Å². The first-order valence-corrected chi connectivity index (χ1v) is 13.6. The standard InChI is InChI=1S/C16H34.C2H6.2H3O4P.H2O/c1-3-5-7-9-11-13-15-16-14-12-10-8-6-4-2;1-2;2*1-5(2,3)4;/h3-16H2,1-2H3;1-2H3;2*(H3,1,2,3,4);1H2. The van der Waals surface area contributed by atoms with Gasteiger partial charge in [0, 0.05) is 0 Å². The van der Waals surface area contributed by atoms with Crippen LogP contribution in [0.25, 0.3) is 0 Å². The second kappa shape index (κ2) is 30.4. The summed E-state index contributed by atoms with van der Waals surface area (Å²) in [4.78, 5) is 43.1. The van der Waals surface area contributed by atoms with Gasteiger partial charge in [-0.3, -0.25) is 0 Å². The summed E-state index contributed by atoms with van der Waals surface area (Å²) in [5, 5.41) is 0. The van der Waals surface area contributed by atoms with Gasteiger partial charge in [-0.15, -0.1) is 0 Å². The summed E-state index contributed by atoms with van der Waals surface area (Å²) in [7, 11) is -9.28. The van der Waals surface area contributed by atoms with E-state index in [1.165, 1.54) is 89.9 Å². The minimum Gasteiger partial charge on any atom is -0.412 e. The third-order valence-electron chi connectivity index (χ3n) is 3.46. The first kappa shape index (κ1) is 39.6. The summed E-state index contributed by atoms with van der Waals surface area (Å²) in [5.74, 6) is 0. The Kier molecular flexibility index (Phi) is 41.5. The van der Waals surface area contributed by atoms with Crippen molar-refractivity contribution in [2.24, 2.45) is 0 Å². The predicted octanol–water partition coefficient (Wildman–Crippen LogP) is 4.83. The van der Waals surface area contributed by atoms with Crippen LogP contribution in [0.1, 0.15) is 118 Å². The van der Waals surface area contributed by atoms with Crippen molar-refractivity contribution in [3.8, 4) is 0 Å². The molecule has 0 aliphatic heterocycles. The number of hydrogen-bond acceptors (Lipinski definition) is 2. The van der Waals surface area contributed by atoms with E-state index in [-0.39, 0.29) is 5.48 Å². The van der Waals surface area contributed by atoms with Crippen LogP contribution < -0.4 is 0 Å². The van der Waals surface area contributed by atoms with Gasteiger partial charge in [0.1, 0.15) is 0 Å². The average molecular weight is 471 g/mol. The van der Waals surface area contributed by atoms with Crippen LogP contribution in [0, 0.1) is 0 Å². The maximum Gasteiger partial charge on any atom is 0.466 e. The number of unbranched alkanes of at least 4 members (excludes halogenated alkanes) is 13. The van der Waals surface area contributed by atoms with Crippen LogP contribution in [-0.4, -0.2) is 34.8 Å². The summed E-state index contributed by atoms with van der Waals surface area (Å²) in [6.45, 7) is 8.58. The third kappa shape index (κ3) is 111. The van der Waals surface area contributed by atoms with E-state index in [1.807, 2.05) is 13.8 Å². The summed E-state index contributed by atoms with van der Waals surface area (Å²) in [6, 6.07) is 0. The van der Waals surface area contributed by atoms with E-state index in [9.17, 15) is 0 Å². The third-order valence-corrected chi connectivity index (χ3v) is 3.46. The normalized spacial score (nSPS) is 10.3. The SMILES string of the molecule is CC.CCCCCCCCCCCCCCCC.O.O=P(O)(O)O.O=P(O)(O)O. The highest BCUT2D eigenvalue weighted by Gasteiger charge is 2.00. The van der Waals surface area contributed by atoms with Crippen molar-refractivity contribution in [1.29, 1.82) is 0 Å². The fourth-order valence-corrected chi connectivity index (χ4v) is 2.27. The van der Waals surface area contributed by atoms with E-state index in [2.05, 4.69) is 13.8 Å². The molecule has 0 radical (unpaired) electrons. The van der Waals surface area contributed by atoms with Crippen molar-refractivity contribution < 1.29 is 44.0 Å². The quantitative estimate of drug-likeness (QED) is 0.163. The van der Waals surface area contributed by atoms with Gasteiger partial charge in [0.15, 0.2) is 0 Å². The van der Waals surface area contributed by atoms with Crippen LogP contribution in [0.4, 0.5) is 0 Å². The first-order valence-electron chi connectivity index (χ1n) is 10.5. The van der Waals surface area contributed by atoms with Crippen molar-refractivity contribution in [1.82, 2.24) is 0 Å². The Bertz CT molecular complexity index is 307. The fraction of sp³-hybridized carbons (Fsp3) is 1.00. The minimum absolute atomic E-state index is 0. The number of hydrogen-bond donors (Lipinski definition) is 6. The molecule has 0 unspecified atom stereocenters. The molecule has 0 fully saturated rings. The van der Waals surface area contributed by atoms with Crippen molar-refractivity contribution in [3.63, 3.8) is 0 Å². The van der Waals surface area contributed by atoms with Gasteiger partial charge in [-0.05, 0) is 0 Å². The molecule has 0 aliphatic carbocycles. The maximum atomic E-state index is 8.88. The molecule has 0 rings (SSSR count). The molecule has 0 aromatic rings. The molecule has 0 bridgehead atoms. The average Bonchev–Trinajstić information content (AvgIpc) is 2.55. The zero-order chi connectivity index (χ0) is 22.9. The van der Waals surface area contributed by atoms with Gasteiger partial charge in [-0.2, -0.15) is 0 Å². The van der Waals surface area contributed by atoms with E-state index in [4.69, 9.17) is 38.5 Å². The van der Waals surface area contributed by atoms with E-state index >= 15 is 0 Å². The van der Waals surface area contributed by atoms with Gasteiger partial charge >= 0.3 is 15.6 Å². The summed E-state index contributed by atoms with van der Waals surface area (Å²) < 4.78 is 17.8. The molecule has 11 heteroatoms. The molecule has 8 N–H and O–H groups in total. The molecule has 0 aromatic carbocycles. The lowest BCUT2D eigenvalue weighted by Crippen LogP contribution is -1.82. The molecule has 0 amide bonds. The second-order valence-corrected chi connectivity index (χ2v) is 8.32. The Balaban J connectivity index is -0.000000122. The lowest BCUT2D eigenvalue weighted by atomic mass is 10.0. The molecule has 29 heavy (non-hydrogen) atoms. The Morgan fingerprint density at radius 3 is 0.655 bits per heavy atom. The topological polar surface area (TPSA) is 187 Å². The second-order valence-electron chi connectivity index (χ2n) is 6.27. The molecule has 0 atom stereocenters. The van der Waals surface area contributed by atoms with Crippen LogP contribution in [0.15, 0.2) is 0 Å². The summed E-state index contributed by atoms with van der Waals surface area (Å²) in [5.41, 5.74) is 0. The van der Waals surface area contributed by atoms with E-state index in [0.29, 0.717) is 0 Å². The van der Waals surface area contributed by atoms with Crippen molar-refractivity contribution >= 4 is 15.6 Å². The Hall–Kier alpha value is 0.180. The summed E-state index contributed by atoms with van der Waals surface area (Å²) >= 11 is 0. The molecule has 0 saturated carbocycles. The molecule has 0 aliphatic rings. The number of phosphoric acid groups is 2. The van der Waals surface area contributed by atoms with Gasteiger partial charge < -0.3 is 34.8 Å². The lowest BCUT2D eigenvalue weighted by Gasteiger charge is -2.02. The summed E-state index contributed by atoms with van der Waals surface area (Å²) in [6.07, 6.45) is 20.4. The van der Waals surface area contributed by atoms with Crippen LogP contribution in [0.5, 0.6) is 0 Å². The van der Waals surface area contributed by atoms with Gasteiger partial charge in [0.25, 0.3) is 0 Å². The molecule has 0 aromatic heterocycles. The Morgan fingerprint density at radius 2 is 0.552 bits per heavy atom. The number of rotatable bonds is 13. The molecule has 0 spiro atoms. The molecular formula is C18H48O9P2. The van der Waals surface area contributed by atoms with Gasteiger partial charge in [-0.25, -0.2) is 9.13 Å². The largest absolute Gasteiger partial charge is 0.466 e. The van der Waals surface area contributed by atoms with Crippen molar-refractivity contribution in [2.45, 2.75) is 118 Å². The molecule has 0 heterocycles. The van der Waals surface area contributed by atoms with Gasteiger partial charge in [-0.1, -0.05) is 118 Å². The molecule has 184 valence electrons. The molecule has 9 nitrogen and oxygen atoms in total. The van der Waals surface area contributed by atoms with Gasteiger partial charge in [0.2, 0.25) is 0 Å². The van der Waals surface area contributed by atoms with Gasteiger partial charge in [0.05, 0.1) is 0 Å². The predicted molar refractivity (Wildman–Crippen MR) is 119 cm³/mol. The van der Waals surface area contributed by atoms with Crippen LogP contribution in [-0.2, 0) is 9.13 Å². The van der Waals surface area contributed by atoms with Crippen molar-refractivity contribution in [3.05, 3.63) is 0 Å². The van der Waals surface area contributed by atoms with E-state index in [1.54, 1.807) is 0 Å². The highest BCUT2D eigenvalue weighted by molar-refractivity contribution is 7.45. The highest BCUT2D eigenvalue weighted by atomic mass is 31.2. The first-order chi connectivity index (χ1) is 12.9. The lowest BCUT2D eigenvalue weighted by molar-refractivity contribution is 0.272. The molecule has 0 saturated heterocycles. The maximum absolute atomic E-state index is 8.88. The Morgan fingerprint density at radius 1 is 0.448 bits per heavy atom. The van der Waals surface area contributed by atoms with Crippen LogP contribution in [0.2, 0.25) is 0 Å². The highest BCUT2D eigenvalue weighted by Crippen LogP contribution is 2.26. The zero-order valence-electron chi connectivity index (χ0n) is 18.8. The fourth-order valence-electron chi connectivity index (χ4n) is 2.27. The minimum atomic E-state index is -4.64. The zero-order valence-corrected chi connectivity index (χ0v) is 20.6. The smallest absolute Gasteiger partial charge is 0.412 e. The van der Waals surface area contributed by atoms with E-state index < -0.39 is 15.6 Å². The Labute approximate surface area is 177 Å². The van der Waals surface area contributed by atoms with Crippen molar-refractivity contribution in [2.75, 3.05) is 0 Å². The molecular weight excluding hydrogens is 422 g/mol. The van der Waals surface area contributed by atoms with Crippen LogP contribution in [0.3, 0.4) is 0 Å². The monoisotopic (exact) mass is 470 g/mol. The van der Waals surface area contributed by atoms with E-state index in [0.717, 1.165) is 0 Å².